The standard InChI is InChI=1S/C13H20FN/c1-13(2,3)12-6-4-10(5-7-12)11(8-14)9-15/h4-7,11H,8-9,15H2,1-3H3. The van der Waals surface area contributed by atoms with Crippen LogP contribution in [0.1, 0.15) is 37.8 Å². The Hall–Kier alpha value is -0.890. The summed E-state index contributed by atoms with van der Waals surface area (Å²) in [6, 6.07) is 8.09. The maximum atomic E-state index is 12.6. The Balaban J connectivity index is 2.89. The molecule has 0 aliphatic heterocycles. The first-order valence-corrected chi connectivity index (χ1v) is 5.35. The van der Waals surface area contributed by atoms with Gasteiger partial charge in [-0.15, -0.1) is 0 Å². The van der Waals surface area contributed by atoms with Gasteiger partial charge in [0.2, 0.25) is 0 Å². The maximum absolute atomic E-state index is 12.6. The molecule has 1 aromatic rings. The Kier molecular flexibility index (Phi) is 3.86. The molecule has 1 unspecified atom stereocenters. The highest BCUT2D eigenvalue weighted by Gasteiger charge is 2.14. The number of nitrogens with two attached hydrogens (primary N) is 1. The fraction of sp³-hybridized carbons (Fsp3) is 0.538. The molecule has 84 valence electrons. The molecule has 1 rings (SSSR count). The van der Waals surface area contributed by atoms with E-state index in [0.29, 0.717) is 6.54 Å². The monoisotopic (exact) mass is 209 g/mol. The van der Waals surface area contributed by atoms with Crippen molar-refractivity contribution < 1.29 is 4.39 Å². The van der Waals surface area contributed by atoms with Crippen LogP contribution >= 0.6 is 0 Å². The molecule has 1 atom stereocenters. The second-order valence-electron chi connectivity index (χ2n) is 4.96. The van der Waals surface area contributed by atoms with Crippen molar-refractivity contribution in [3.05, 3.63) is 35.4 Å². The SMILES string of the molecule is CC(C)(C)c1ccc(C(CN)CF)cc1. The van der Waals surface area contributed by atoms with E-state index in [2.05, 4.69) is 32.9 Å². The van der Waals surface area contributed by atoms with E-state index < -0.39 is 0 Å². The van der Waals surface area contributed by atoms with Gasteiger partial charge in [-0.05, 0) is 16.5 Å². The van der Waals surface area contributed by atoms with Crippen molar-refractivity contribution in [1.29, 1.82) is 0 Å². The minimum absolute atomic E-state index is 0.145. The van der Waals surface area contributed by atoms with Gasteiger partial charge in [-0.25, -0.2) is 0 Å². The van der Waals surface area contributed by atoms with E-state index in [1.165, 1.54) is 5.56 Å². The molecule has 0 spiro atoms. The molecule has 1 aromatic carbocycles. The minimum atomic E-state index is -0.384. The zero-order valence-corrected chi connectivity index (χ0v) is 9.76. The van der Waals surface area contributed by atoms with E-state index in [-0.39, 0.29) is 18.0 Å². The molecule has 0 amide bonds. The van der Waals surface area contributed by atoms with Gasteiger partial charge in [0, 0.05) is 12.5 Å². The predicted molar refractivity (Wildman–Crippen MR) is 62.9 cm³/mol. The summed E-state index contributed by atoms with van der Waals surface area (Å²) in [5.74, 6) is -0.154. The predicted octanol–water partition coefficient (Wildman–Crippen LogP) is 3.00. The van der Waals surface area contributed by atoms with E-state index in [9.17, 15) is 4.39 Å². The third-order valence-electron chi connectivity index (χ3n) is 2.72. The molecule has 0 heterocycles. The number of rotatable bonds is 3. The second kappa shape index (κ2) is 4.75. The van der Waals surface area contributed by atoms with Gasteiger partial charge in [-0.3, -0.25) is 4.39 Å². The highest BCUT2D eigenvalue weighted by Crippen LogP contribution is 2.24. The van der Waals surface area contributed by atoms with Crippen LogP contribution in [0.3, 0.4) is 0 Å². The number of hydrogen-bond donors (Lipinski definition) is 1. The molecule has 0 radical (unpaired) electrons. The van der Waals surface area contributed by atoms with Gasteiger partial charge in [-0.2, -0.15) is 0 Å². The summed E-state index contributed by atoms with van der Waals surface area (Å²) in [6.07, 6.45) is 0. The lowest BCUT2D eigenvalue weighted by molar-refractivity contribution is 0.434. The van der Waals surface area contributed by atoms with Crippen molar-refractivity contribution in [2.45, 2.75) is 32.1 Å². The van der Waals surface area contributed by atoms with Crippen LogP contribution in [0, 0.1) is 0 Å². The van der Waals surface area contributed by atoms with Crippen LogP contribution in [-0.2, 0) is 5.41 Å². The van der Waals surface area contributed by atoms with Crippen LogP contribution in [0.4, 0.5) is 4.39 Å². The largest absolute Gasteiger partial charge is 0.330 e. The van der Waals surface area contributed by atoms with Gasteiger partial charge in [0.15, 0.2) is 0 Å². The van der Waals surface area contributed by atoms with Crippen LogP contribution in [0.2, 0.25) is 0 Å². The average Bonchev–Trinajstić information content (AvgIpc) is 2.19. The number of alkyl halides is 1. The smallest absolute Gasteiger partial charge is 0.0975 e. The number of benzene rings is 1. The highest BCUT2D eigenvalue weighted by molar-refractivity contribution is 5.29. The van der Waals surface area contributed by atoms with Crippen LogP contribution in [0.25, 0.3) is 0 Å². The summed E-state index contributed by atoms with van der Waals surface area (Å²) < 4.78 is 12.6. The Morgan fingerprint density at radius 1 is 1.20 bits per heavy atom. The normalized spacial score (nSPS) is 13.9. The first-order chi connectivity index (χ1) is 6.99. The lowest BCUT2D eigenvalue weighted by Gasteiger charge is -2.20. The van der Waals surface area contributed by atoms with Crippen molar-refractivity contribution in [1.82, 2.24) is 0 Å². The van der Waals surface area contributed by atoms with Crippen molar-refractivity contribution >= 4 is 0 Å². The number of hydrogen-bond acceptors (Lipinski definition) is 1. The van der Waals surface area contributed by atoms with Gasteiger partial charge in [0.25, 0.3) is 0 Å². The van der Waals surface area contributed by atoms with Gasteiger partial charge >= 0.3 is 0 Å². The molecule has 0 saturated carbocycles. The first-order valence-electron chi connectivity index (χ1n) is 5.35. The zero-order chi connectivity index (χ0) is 11.5. The van der Waals surface area contributed by atoms with Gasteiger partial charge in [0.05, 0.1) is 6.67 Å². The summed E-state index contributed by atoms with van der Waals surface area (Å²) in [6.45, 7) is 6.48. The van der Waals surface area contributed by atoms with Crippen molar-refractivity contribution in [2.75, 3.05) is 13.2 Å². The highest BCUT2D eigenvalue weighted by atomic mass is 19.1. The maximum Gasteiger partial charge on any atom is 0.0975 e. The molecule has 0 aromatic heterocycles. The lowest BCUT2D eigenvalue weighted by Crippen LogP contribution is -2.15. The topological polar surface area (TPSA) is 26.0 Å². The van der Waals surface area contributed by atoms with E-state index in [1.54, 1.807) is 0 Å². The molecular formula is C13H20FN. The Morgan fingerprint density at radius 3 is 2.07 bits per heavy atom. The molecule has 2 heteroatoms. The Morgan fingerprint density at radius 2 is 1.73 bits per heavy atom. The second-order valence-corrected chi connectivity index (χ2v) is 4.96. The molecule has 0 aliphatic rings. The summed E-state index contributed by atoms with van der Waals surface area (Å²) in [7, 11) is 0. The molecule has 1 nitrogen and oxygen atoms in total. The molecule has 0 fully saturated rings. The molecule has 2 N–H and O–H groups in total. The fourth-order valence-electron chi connectivity index (χ4n) is 1.54. The number of halogens is 1. The summed E-state index contributed by atoms with van der Waals surface area (Å²) in [5, 5.41) is 0. The van der Waals surface area contributed by atoms with Crippen LogP contribution in [0.15, 0.2) is 24.3 Å². The summed E-state index contributed by atoms with van der Waals surface area (Å²) in [4.78, 5) is 0. The van der Waals surface area contributed by atoms with Crippen LogP contribution in [-0.4, -0.2) is 13.2 Å². The molecule has 0 aliphatic carbocycles. The van der Waals surface area contributed by atoms with E-state index >= 15 is 0 Å². The van der Waals surface area contributed by atoms with Crippen LogP contribution < -0.4 is 5.73 Å². The third kappa shape index (κ3) is 3.03. The quantitative estimate of drug-likeness (QED) is 0.813. The van der Waals surface area contributed by atoms with Crippen molar-refractivity contribution in [3.63, 3.8) is 0 Å². The molecule has 0 bridgehead atoms. The molecule has 15 heavy (non-hydrogen) atoms. The average molecular weight is 209 g/mol. The van der Waals surface area contributed by atoms with Gasteiger partial charge in [-0.1, -0.05) is 45.0 Å². The lowest BCUT2D eigenvalue weighted by atomic mass is 9.86. The minimum Gasteiger partial charge on any atom is -0.330 e. The zero-order valence-electron chi connectivity index (χ0n) is 9.76. The van der Waals surface area contributed by atoms with E-state index in [4.69, 9.17) is 5.73 Å². The first kappa shape index (κ1) is 12.2. The summed E-state index contributed by atoms with van der Waals surface area (Å²) in [5.41, 5.74) is 7.90. The van der Waals surface area contributed by atoms with Crippen LogP contribution in [0.5, 0.6) is 0 Å². The molecular weight excluding hydrogens is 189 g/mol. The van der Waals surface area contributed by atoms with Crippen molar-refractivity contribution in [2.24, 2.45) is 5.73 Å². The third-order valence-corrected chi connectivity index (χ3v) is 2.72. The fourth-order valence-corrected chi connectivity index (χ4v) is 1.54. The van der Waals surface area contributed by atoms with E-state index in [1.807, 2.05) is 12.1 Å². The Labute approximate surface area is 91.5 Å². The van der Waals surface area contributed by atoms with Gasteiger partial charge < -0.3 is 5.73 Å². The molecule has 0 saturated heterocycles. The Bertz CT molecular complexity index is 293. The van der Waals surface area contributed by atoms with E-state index in [0.717, 1.165) is 5.56 Å². The summed E-state index contributed by atoms with van der Waals surface area (Å²) >= 11 is 0. The van der Waals surface area contributed by atoms with Gasteiger partial charge in [0.1, 0.15) is 0 Å². The van der Waals surface area contributed by atoms with Crippen molar-refractivity contribution in [3.8, 4) is 0 Å².